The highest BCUT2D eigenvalue weighted by Crippen LogP contribution is 2.20. The van der Waals surface area contributed by atoms with Crippen LogP contribution in [0.25, 0.3) is 0 Å². The van der Waals surface area contributed by atoms with Gasteiger partial charge in [-0.05, 0) is 58.7 Å². The Morgan fingerprint density at radius 1 is 1.15 bits per heavy atom. The van der Waals surface area contributed by atoms with Crippen LogP contribution in [-0.2, 0) is 4.74 Å². The van der Waals surface area contributed by atoms with Crippen molar-refractivity contribution in [3.05, 3.63) is 29.8 Å². The molecule has 3 N–H and O–H groups in total. The van der Waals surface area contributed by atoms with Gasteiger partial charge in [-0.15, -0.1) is 24.0 Å². The van der Waals surface area contributed by atoms with Crippen LogP contribution in [-0.4, -0.2) is 49.5 Å². The van der Waals surface area contributed by atoms with Crippen LogP contribution in [0.5, 0.6) is 5.75 Å². The second-order valence-corrected chi connectivity index (χ2v) is 6.67. The summed E-state index contributed by atoms with van der Waals surface area (Å²) in [4.78, 5) is 4.48. The first kappa shape index (κ1) is 25.9. The Balaban J connectivity index is 0.00000676. The lowest BCUT2D eigenvalue weighted by molar-refractivity contribution is 0.0776. The fraction of sp³-hybridized carbons (Fsp3) is 0.650. The van der Waals surface area contributed by atoms with Crippen molar-refractivity contribution in [3.8, 4) is 5.75 Å². The molecule has 0 aliphatic rings. The van der Waals surface area contributed by atoms with Gasteiger partial charge in [-0.3, -0.25) is 4.99 Å². The minimum absolute atomic E-state index is 0. The zero-order chi connectivity index (χ0) is 19.4. The third kappa shape index (κ3) is 12.1. The van der Waals surface area contributed by atoms with E-state index in [1.165, 1.54) is 0 Å². The minimum atomic E-state index is -0.676. The van der Waals surface area contributed by atoms with E-state index in [1.807, 2.05) is 58.9 Å². The van der Waals surface area contributed by atoms with Gasteiger partial charge >= 0.3 is 0 Å². The Bertz CT molecular complexity index is 539. The SMILES string of the molecule is CCNC(=NCC(O)c1cccc(OC(C)C)c1)NCCCOC(C)C.I. The molecule has 1 rings (SSSR count). The van der Waals surface area contributed by atoms with Crippen LogP contribution < -0.4 is 15.4 Å². The van der Waals surface area contributed by atoms with E-state index < -0.39 is 6.10 Å². The second kappa shape index (κ2) is 14.9. The second-order valence-electron chi connectivity index (χ2n) is 6.67. The average molecular weight is 493 g/mol. The van der Waals surface area contributed by atoms with Gasteiger partial charge in [0, 0.05) is 19.7 Å². The topological polar surface area (TPSA) is 75.1 Å². The molecule has 0 radical (unpaired) electrons. The van der Waals surface area contributed by atoms with Gasteiger partial charge in [-0.1, -0.05) is 12.1 Å². The number of aliphatic imine (C=N–C) groups is 1. The largest absolute Gasteiger partial charge is 0.491 e. The summed E-state index contributed by atoms with van der Waals surface area (Å²) in [6.07, 6.45) is 0.581. The van der Waals surface area contributed by atoms with Gasteiger partial charge in [0.2, 0.25) is 0 Å². The molecule has 7 heteroatoms. The Hall–Kier alpha value is -1.06. The first-order chi connectivity index (χ1) is 12.4. The first-order valence-electron chi connectivity index (χ1n) is 9.50. The summed E-state index contributed by atoms with van der Waals surface area (Å²) in [5.74, 6) is 1.46. The molecular formula is C20H36IN3O3. The molecule has 0 bridgehead atoms. The molecular weight excluding hydrogens is 457 g/mol. The summed E-state index contributed by atoms with van der Waals surface area (Å²) >= 11 is 0. The Morgan fingerprint density at radius 2 is 1.89 bits per heavy atom. The molecule has 0 spiro atoms. The van der Waals surface area contributed by atoms with Crippen molar-refractivity contribution in [2.45, 2.75) is 59.4 Å². The third-order valence-electron chi connectivity index (χ3n) is 3.45. The quantitative estimate of drug-likeness (QED) is 0.191. The predicted molar refractivity (Wildman–Crippen MR) is 122 cm³/mol. The van der Waals surface area contributed by atoms with Gasteiger partial charge < -0.3 is 25.2 Å². The van der Waals surface area contributed by atoms with E-state index in [4.69, 9.17) is 9.47 Å². The smallest absolute Gasteiger partial charge is 0.191 e. The number of aliphatic hydroxyl groups excluding tert-OH is 1. The van der Waals surface area contributed by atoms with Gasteiger partial charge in [-0.2, -0.15) is 0 Å². The molecule has 1 aromatic carbocycles. The number of nitrogens with one attached hydrogen (secondary N) is 2. The number of nitrogens with zero attached hydrogens (tertiary/aromatic N) is 1. The summed E-state index contributed by atoms with van der Waals surface area (Å²) < 4.78 is 11.2. The molecule has 0 saturated heterocycles. The Labute approximate surface area is 181 Å². The molecule has 27 heavy (non-hydrogen) atoms. The number of hydrogen-bond donors (Lipinski definition) is 3. The van der Waals surface area contributed by atoms with Crippen molar-refractivity contribution in [3.63, 3.8) is 0 Å². The number of halogens is 1. The molecule has 0 fully saturated rings. The Morgan fingerprint density at radius 3 is 2.52 bits per heavy atom. The van der Waals surface area contributed by atoms with E-state index in [0.29, 0.717) is 5.96 Å². The van der Waals surface area contributed by atoms with Crippen LogP contribution in [0, 0.1) is 0 Å². The third-order valence-corrected chi connectivity index (χ3v) is 3.45. The van der Waals surface area contributed by atoms with Gasteiger partial charge in [0.15, 0.2) is 5.96 Å². The molecule has 6 nitrogen and oxygen atoms in total. The molecule has 0 heterocycles. The Kier molecular flexibility index (Phi) is 14.3. The van der Waals surface area contributed by atoms with Gasteiger partial charge in [0.25, 0.3) is 0 Å². The molecule has 1 atom stereocenters. The highest BCUT2D eigenvalue weighted by atomic mass is 127. The lowest BCUT2D eigenvalue weighted by Gasteiger charge is -2.15. The van der Waals surface area contributed by atoms with Crippen LogP contribution in [0.1, 0.15) is 52.7 Å². The summed E-state index contributed by atoms with van der Waals surface area (Å²) in [7, 11) is 0. The zero-order valence-electron chi connectivity index (χ0n) is 17.2. The van der Waals surface area contributed by atoms with E-state index in [0.717, 1.165) is 37.4 Å². The number of guanidine groups is 1. The van der Waals surface area contributed by atoms with Crippen LogP contribution in [0.4, 0.5) is 0 Å². The minimum Gasteiger partial charge on any atom is -0.491 e. The lowest BCUT2D eigenvalue weighted by Crippen LogP contribution is -2.38. The van der Waals surface area contributed by atoms with E-state index in [2.05, 4.69) is 15.6 Å². The number of rotatable bonds is 11. The standard InChI is InChI=1S/C20H35N3O3.HI/c1-6-21-20(22-11-8-12-25-15(2)3)23-14-19(24)17-9-7-10-18(13-17)26-16(4)5;/h7,9-10,13,15-16,19,24H,6,8,11-12,14H2,1-5H3,(H2,21,22,23);1H. The molecule has 0 aliphatic heterocycles. The molecule has 0 aromatic heterocycles. The van der Waals surface area contributed by atoms with Gasteiger partial charge in [-0.25, -0.2) is 0 Å². The van der Waals surface area contributed by atoms with Crippen molar-refractivity contribution in [1.82, 2.24) is 10.6 Å². The molecule has 1 unspecified atom stereocenters. The molecule has 0 amide bonds. The number of aliphatic hydroxyl groups is 1. The van der Waals surface area contributed by atoms with Crippen molar-refractivity contribution < 1.29 is 14.6 Å². The van der Waals surface area contributed by atoms with Crippen LogP contribution in [0.2, 0.25) is 0 Å². The fourth-order valence-electron chi connectivity index (χ4n) is 2.29. The first-order valence-corrected chi connectivity index (χ1v) is 9.50. The molecule has 0 aliphatic carbocycles. The summed E-state index contributed by atoms with van der Waals surface area (Å²) in [6, 6.07) is 7.53. The van der Waals surface area contributed by atoms with Crippen molar-refractivity contribution >= 4 is 29.9 Å². The molecule has 0 saturated carbocycles. The van der Waals surface area contributed by atoms with Gasteiger partial charge in [0.1, 0.15) is 5.75 Å². The number of benzene rings is 1. The number of hydrogen-bond acceptors (Lipinski definition) is 4. The molecule has 156 valence electrons. The highest BCUT2D eigenvalue weighted by molar-refractivity contribution is 14.0. The van der Waals surface area contributed by atoms with Crippen LogP contribution >= 0.6 is 24.0 Å². The average Bonchev–Trinajstić information content (AvgIpc) is 2.58. The maximum atomic E-state index is 10.4. The number of ether oxygens (including phenoxy) is 2. The van der Waals surface area contributed by atoms with E-state index >= 15 is 0 Å². The zero-order valence-corrected chi connectivity index (χ0v) is 19.5. The summed E-state index contributed by atoms with van der Waals surface area (Å²) in [5.41, 5.74) is 0.799. The predicted octanol–water partition coefficient (Wildman–Crippen LogP) is 3.50. The summed E-state index contributed by atoms with van der Waals surface area (Å²) in [5, 5.41) is 16.9. The summed E-state index contributed by atoms with van der Waals surface area (Å²) in [6.45, 7) is 12.6. The normalized spacial score (nSPS) is 12.7. The van der Waals surface area contributed by atoms with E-state index in [1.54, 1.807) is 0 Å². The fourth-order valence-corrected chi connectivity index (χ4v) is 2.29. The monoisotopic (exact) mass is 493 g/mol. The van der Waals surface area contributed by atoms with Crippen LogP contribution in [0.15, 0.2) is 29.3 Å². The van der Waals surface area contributed by atoms with E-state index in [-0.39, 0.29) is 42.7 Å². The maximum Gasteiger partial charge on any atom is 0.191 e. The van der Waals surface area contributed by atoms with Crippen LogP contribution in [0.3, 0.4) is 0 Å². The van der Waals surface area contributed by atoms with Crippen molar-refractivity contribution in [2.75, 3.05) is 26.2 Å². The van der Waals surface area contributed by atoms with Crippen molar-refractivity contribution in [2.24, 2.45) is 4.99 Å². The van der Waals surface area contributed by atoms with Gasteiger partial charge in [0.05, 0.1) is 24.9 Å². The van der Waals surface area contributed by atoms with Crippen molar-refractivity contribution in [1.29, 1.82) is 0 Å². The molecule has 1 aromatic rings. The maximum absolute atomic E-state index is 10.4. The highest BCUT2D eigenvalue weighted by Gasteiger charge is 2.09. The van der Waals surface area contributed by atoms with E-state index in [9.17, 15) is 5.11 Å². The lowest BCUT2D eigenvalue weighted by atomic mass is 10.1.